The van der Waals surface area contributed by atoms with Crippen LogP contribution in [0.4, 0.5) is 0 Å². The van der Waals surface area contributed by atoms with Gasteiger partial charge >= 0.3 is 5.97 Å². The van der Waals surface area contributed by atoms with E-state index >= 15 is 0 Å². The smallest absolute Gasteiger partial charge is 0.303 e. The zero-order valence-electron chi connectivity index (χ0n) is 7.79. The number of carboxylic acid groups (broad SMARTS) is 1. The van der Waals surface area contributed by atoms with Crippen LogP contribution in [0.25, 0.3) is 0 Å². The molecule has 0 fully saturated rings. The average molecular weight is 174 g/mol. The molecule has 72 valence electrons. The Hall–Kier alpha value is -0.830. The molecule has 0 rings (SSSR count). The van der Waals surface area contributed by atoms with Crippen molar-refractivity contribution in [2.45, 2.75) is 33.1 Å². The first kappa shape index (κ1) is 13.7. The number of carboxylic acids is 1. The first-order valence-corrected chi connectivity index (χ1v) is 4.16. The van der Waals surface area contributed by atoms with Crippen LogP contribution < -0.4 is 0 Å². The second-order valence-electron chi connectivity index (χ2n) is 2.19. The molecule has 0 saturated heterocycles. The van der Waals surface area contributed by atoms with Crippen molar-refractivity contribution in [2.75, 3.05) is 6.61 Å². The topological polar surface area (TPSA) is 57.5 Å². The van der Waals surface area contributed by atoms with E-state index in [1.807, 2.05) is 6.08 Å². The van der Waals surface area contributed by atoms with Gasteiger partial charge in [-0.1, -0.05) is 32.4 Å². The Kier molecular flexibility index (Phi) is 14.7. The third-order valence-corrected chi connectivity index (χ3v) is 1.03. The van der Waals surface area contributed by atoms with Gasteiger partial charge in [0.25, 0.3) is 0 Å². The number of allylic oxidation sites excluding steroid dienone is 1. The van der Waals surface area contributed by atoms with E-state index < -0.39 is 5.97 Å². The van der Waals surface area contributed by atoms with E-state index in [0.717, 1.165) is 12.8 Å². The minimum Gasteiger partial charge on any atom is -0.481 e. The largest absolute Gasteiger partial charge is 0.481 e. The van der Waals surface area contributed by atoms with Gasteiger partial charge in [-0.25, -0.2) is 0 Å². The molecule has 0 saturated carbocycles. The molecule has 0 aromatic carbocycles. The third kappa shape index (κ3) is 22.9. The summed E-state index contributed by atoms with van der Waals surface area (Å²) in [5.74, 6) is -0.745. The van der Waals surface area contributed by atoms with Crippen LogP contribution in [-0.2, 0) is 4.79 Å². The number of rotatable bonds is 4. The van der Waals surface area contributed by atoms with Gasteiger partial charge in [-0.05, 0) is 6.42 Å². The molecule has 0 atom stereocenters. The molecule has 2 N–H and O–H groups in total. The highest BCUT2D eigenvalue weighted by Crippen LogP contribution is 1.85. The summed E-state index contributed by atoms with van der Waals surface area (Å²) in [6.45, 7) is 3.89. The molecule has 0 amide bonds. The fourth-order valence-electron chi connectivity index (χ4n) is 0.359. The van der Waals surface area contributed by atoms with Crippen LogP contribution in [0.2, 0.25) is 0 Å². The average Bonchev–Trinajstić information content (AvgIpc) is 2.07. The van der Waals surface area contributed by atoms with Crippen molar-refractivity contribution in [1.29, 1.82) is 0 Å². The highest BCUT2D eigenvalue weighted by molar-refractivity contribution is 5.66. The van der Waals surface area contributed by atoms with Crippen LogP contribution in [0.1, 0.15) is 33.1 Å². The second kappa shape index (κ2) is 12.8. The van der Waals surface area contributed by atoms with E-state index in [-0.39, 0.29) is 13.0 Å². The lowest BCUT2D eigenvalue weighted by molar-refractivity contribution is -0.136. The van der Waals surface area contributed by atoms with Gasteiger partial charge in [0.15, 0.2) is 0 Å². The lowest BCUT2D eigenvalue weighted by Gasteiger charge is -1.79. The van der Waals surface area contributed by atoms with Gasteiger partial charge in [0.1, 0.15) is 0 Å². The van der Waals surface area contributed by atoms with Gasteiger partial charge in [0, 0.05) is 6.42 Å². The lowest BCUT2D eigenvalue weighted by atomic mass is 10.3. The molecule has 0 unspecified atom stereocenters. The van der Waals surface area contributed by atoms with Gasteiger partial charge < -0.3 is 10.2 Å². The predicted molar refractivity (Wildman–Crippen MR) is 49.1 cm³/mol. The summed E-state index contributed by atoms with van der Waals surface area (Å²) < 4.78 is 0. The fourth-order valence-corrected chi connectivity index (χ4v) is 0.359. The van der Waals surface area contributed by atoms with Crippen LogP contribution >= 0.6 is 0 Å². The number of carbonyl (C=O) groups is 1. The van der Waals surface area contributed by atoms with Crippen molar-refractivity contribution in [2.24, 2.45) is 0 Å². The maximum atomic E-state index is 9.37. The van der Waals surface area contributed by atoms with Crippen molar-refractivity contribution in [3.05, 3.63) is 12.2 Å². The molecule has 3 nitrogen and oxygen atoms in total. The standard InChI is InChI=1S/C6H12O.C3H6O2/c1-2-3-4-5-6-7;1-2-3(4)5/h4-5,7H,2-3,6H2,1H3;2H2,1H3,(H,4,5)/b5-4+;. The molecule has 0 aliphatic carbocycles. The summed E-state index contributed by atoms with van der Waals surface area (Å²) in [5.41, 5.74) is 0. The summed E-state index contributed by atoms with van der Waals surface area (Å²) in [5, 5.41) is 15.9. The van der Waals surface area contributed by atoms with Crippen molar-refractivity contribution in [3.8, 4) is 0 Å². The highest BCUT2D eigenvalue weighted by Gasteiger charge is 1.80. The summed E-state index contributed by atoms with van der Waals surface area (Å²) in [6, 6.07) is 0. The van der Waals surface area contributed by atoms with Gasteiger partial charge in [-0.2, -0.15) is 0 Å². The Morgan fingerprint density at radius 1 is 1.33 bits per heavy atom. The van der Waals surface area contributed by atoms with Crippen molar-refractivity contribution in [3.63, 3.8) is 0 Å². The SMILES string of the molecule is CCC(=O)O.CCC/C=C/CO. The molecule has 0 aromatic rings. The Labute approximate surface area is 73.7 Å². The summed E-state index contributed by atoms with van der Waals surface area (Å²) in [7, 11) is 0. The fraction of sp³-hybridized carbons (Fsp3) is 0.667. The van der Waals surface area contributed by atoms with Crippen LogP contribution in [-0.4, -0.2) is 22.8 Å². The predicted octanol–water partition coefficient (Wildman–Crippen LogP) is 1.82. The van der Waals surface area contributed by atoms with Crippen LogP contribution in [0.3, 0.4) is 0 Å². The first-order chi connectivity index (χ1) is 5.68. The number of aliphatic hydroxyl groups excluding tert-OH is 1. The maximum absolute atomic E-state index is 9.37. The number of unbranched alkanes of at least 4 members (excludes halogenated alkanes) is 1. The monoisotopic (exact) mass is 174 g/mol. The molecule has 0 aromatic heterocycles. The molecule has 0 bridgehead atoms. The Morgan fingerprint density at radius 3 is 2.08 bits per heavy atom. The normalized spacial score (nSPS) is 9.25. The van der Waals surface area contributed by atoms with E-state index in [1.165, 1.54) is 0 Å². The lowest BCUT2D eigenvalue weighted by Crippen LogP contribution is -1.86. The van der Waals surface area contributed by atoms with E-state index in [0.29, 0.717) is 0 Å². The number of hydrogen-bond acceptors (Lipinski definition) is 2. The van der Waals surface area contributed by atoms with E-state index in [1.54, 1.807) is 13.0 Å². The number of aliphatic hydroxyl groups is 1. The Balaban J connectivity index is 0. The highest BCUT2D eigenvalue weighted by atomic mass is 16.4. The molecular weight excluding hydrogens is 156 g/mol. The Bertz CT molecular complexity index is 119. The van der Waals surface area contributed by atoms with Crippen molar-refractivity contribution in [1.82, 2.24) is 0 Å². The zero-order chi connectivity index (χ0) is 9.82. The van der Waals surface area contributed by atoms with Crippen LogP contribution in [0, 0.1) is 0 Å². The zero-order valence-corrected chi connectivity index (χ0v) is 7.79. The molecule has 0 aliphatic heterocycles. The number of aliphatic carboxylic acids is 1. The Morgan fingerprint density at radius 2 is 1.83 bits per heavy atom. The van der Waals surface area contributed by atoms with E-state index in [4.69, 9.17) is 10.2 Å². The van der Waals surface area contributed by atoms with Gasteiger partial charge in [0.2, 0.25) is 0 Å². The van der Waals surface area contributed by atoms with Crippen molar-refractivity contribution < 1.29 is 15.0 Å². The van der Waals surface area contributed by atoms with Gasteiger partial charge in [0.05, 0.1) is 6.61 Å². The molecule has 0 heterocycles. The van der Waals surface area contributed by atoms with Crippen molar-refractivity contribution >= 4 is 5.97 Å². The molecule has 12 heavy (non-hydrogen) atoms. The molecule has 3 heteroatoms. The minimum atomic E-state index is -0.745. The molecule has 0 spiro atoms. The number of hydrogen-bond donors (Lipinski definition) is 2. The van der Waals surface area contributed by atoms with Crippen LogP contribution in [0.5, 0.6) is 0 Å². The van der Waals surface area contributed by atoms with Crippen LogP contribution in [0.15, 0.2) is 12.2 Å². The van der Waals surface area contributed by atoms with Gasteiger partial charge in [-0.3, -0.25) is 4.79 Å². The maximum Gasteiger partial charge on any atom is 0.303 e. The second-order valence-corrected chi connectivity index (χ2v) is 2.19. The summed E-state index contributed by atoms with van der Waals surface area (Å²) >= 11 is 0. The quantitative estimate of drug-likeness (QED) is 0.639. The van der Waals surface area contributed by atoms with E-state index in [2.05, 4.69) is 6.92 Å². The molecule has 0 radical (unpaired) electrons. The van der Waals surface area contributed by atoms with E-state index in [9.17, 15) is 4.79 Å². The third-order valence-electron chi connectivity index (χ3n) is 1.03. The summed E-state index contributed by atoms with van der Waals surface area (Å²) in [6.07, 6.45) is 6.22. The minimum absolute atomic E-state index is 0.181. The summed E-state index contributed by atoms with van der Waals surface area (Å²) in [4.78, 5) is 9.37. The van der Waals surface area contributed by atoms with Gasteiger partial charge in [-0.15, -0.1) is 0 Å². The first-order valence-electron chi connectivity index (χ1n) is 4.16. The molecular formula is C9H18O3. The molecule has 0 aliphatic rings.